The number of hydrogen-bond acceptors (Lipinski definition) is 3. The molecule has 0 amide bonds. The fourth-order valence-electron chi connectivity index (χ4n) is 2.65. The van der Waals surface area contributed by atoms with Crippen LogP contribution >= 0.6 is 23.5 Å². The molecule has 1 aliphatic rings. The molecule has 3 unspecified atom stereocenters. The third-order valence-corrected chi connectivity index (χ3v) is 7.22. The van der Waals surface area contributed by atoms with Crippen LogP contribution < -0.4 is 5.73 Å². The fraction of sp³-hybridized carbons (Fsp3) is 0.647. The van der Waals surface area contributed by atoms with Crippen LogP contribution in [0.4, 0.5) is 0 Å². The molecule has 3 atom stereocenters. The van der Waals surface area contributed by atoms with E-state index in [4.69, 9.17) is 5.73 Å². The summed E-state index contributed by atoms with van der Waals surface area (Å²) in [5, 5.41) is 1.27. The summed E-state index contributed by atoms with van der Waals surface area (Å²) in [7, 11) is 0. The molecule has 1 heterocycles. The van der Waals surface area contributed by atoms with Gasteiger partial charge >= 0.3 is 0 Å². The Morgan fingerprint density at radius 2 is 1.75 bits per heavy atom. The molecule has 0 bridgehead atoms. The normalized spacial score (nSPS) is 25.4. The van der Waals surface area contributed by atoms with Gasteiger partial charge in [-0.1, -0.05) is 52.0 Å². The highest BCUT2D eigenvalue weighted by atomic mass is 32.2. The van der Waals surface area contributed by atoms with Crippen LogP contribution in [-0.2, 0) is 11.8 Å². The number of nitrogens with two attached hydrogens (primary N) is 1. The highest BCUT2D eigenvalue weighted by molar-refractivity contribution is 8.07. The van der Waals surface area contributed by atoms with Crippen LogP contribution in [0.2, 0.25) is 0 Å². The van der Waals surface area contributed by atoms with Crippen molar-refractivity contribution in [3.8, 4) is 0 Å². The SMILES string of the molecule is CC1SCCSC1C(N)Cc1ccc(C(C)(C)C)cc1. The van der Waals surface area contributed by atoms with Crippen LogP contribution in [0.3, 0.4) is 0 Å². The Hall–Kier alpha value is -0.120. The Bertz CT molecular complexity index is 422. The van der Waals surface area contributed by atoms with Crippen molar-refractivity contribution in [1.82, 2.24) is 0 Å². The minimum atomic E-state index is 0.227. The smallest absolute Gasteiger partial charge is 0.0318 e. The molecule has 1 aromatic rings. The van der Waals surface area contributed by atoms with Crippen molar-refractivity contribution in [2.45, 2.75) is 56.1 Å². The molecule has 2 N–H and O–H groups in total. The third-order valence-electron chi connectivity index (χ3n) is 3.95. The van der Waals surface area contributed by atoms with Gasteiger partial charge in [-0.2, -0.15) is 23.5 Å². The molecule has 1 aliphatic heterocycles. The van der Waals surface area contributed by atoms with Gasteiger partial charge in [-0.15, -0.1) is 0 Å². The van der Waals surface area contributed by atoms with E-state index in [1.807, 2.05) is 0 Å². The Labute approximate surface area is 132 Å². The number of rotatable bonds is 3. The van der Waals surface area contributed by atoms with E-state index >= 15 is 0 Å². The van der Waals surface area contributed by atoms with Gasteiger partial charge in [0, 0.05) is 28.0 Å². The van der Waals surface area contributed by atoms with Crippen molar-refractivity contribution < 1.29 is 0 Å². The van der Waals surface area contributed by atoms with Gasteiger partial charge in [-0.3, -0.25) is 0 Å². The van der Waals surface area contributed by atoms with Gasteiger partial charge < -0.3 is 5.73 Å². The van der Waals surface area contributed by atoms with Gasteiger partial charge in [-0.25, -0.2) is 0 Å². The summed E-state index contributed by atoms with van der Waals surface area (Å²) in [6, 6.07) is 9.29. The van der Waals surface area contributed by atoms with Gasteiger partial charge in [-0.05, 0) is 23.0 Å². The molecule has 112 valence electrons. The van der Waals surface area contributed by atoms with Crippen molar-refractivity contribution >= 4 is 23.5 Å². The molecule has 1 saturated heterocycles. The van der Waals surface area contributed by atoms with Crippen LogP contribution in [0, 0.1) is 0 Å². The standard InChI is InChI=1S/C17H27NS2/c1-12-16(20-10-9-19-12)15(18)11-13-5-7-14(8-6-13)17(2,3)4/h5-8,12,15-16H,9-11,18H2,1-4H3. The van der Waals surface area contributed by atoms with E-state index in [1.54, 1.807) is 0 Å². The third kappa shape index (κ3) is 4.19. The molecule has 0 aromatic heterocycles. The lowest BCUT2D eigenvalue weighted by molar-refractivity contribution is 0.588. The fourth-order valence-corrected chi connectivity index (χ4v) is 5.54. The van der Waals surface area contributed by atoms with E-state index in [9.17, 15) is 0 Å². The molecule has 0 saturated carbocycles. The highest BCUT2D eigenvalue weighted by Gasteiger charge is 2.28. The van der Waals surface area contributed by atoms with Crippen molar-refractivity contribution in [3.05, 3.63) is 35.4 Å². The maximum atomic E-state index is 6.46. The molecule has 3 heteroatoms. The molecule has 1 aromatic carbocycles. The first-order valence-electron chi connectivity index (χ1n) is 7.46. The second-order valence-corrected chi connectivity index (χ2v) is 9.50. The first-order chi connectivity index (χ1) is 9.38. The van der Waals surface area contributed by atoms with Gasteiger partial charge in [0.2, 0.25) is 0 Å². The number of hydrogen-bond donors (Lipinski definition) is 1. The van der Waals surface area contributed by atoms with Gasteiger partial charge in [0.05, 0.1) is 0 Å². The summed E-state index contributed by atoms with van der Waals surface area (Å²) < 4.78 is 0. The largest absolute Gasteiger partial charge is 0.326 e. The van der Waals surface area contributed by atoms with Gasteiger partial charge in [0.25, 0.3) is 0 Å². The van der Waals surface area contributed by atoms with E-state index in [1.165, 1.54) is 22.6 Å². The summed E-state index contributed by atoms with van der Waals surface area (Å²) in [5.74, 6) is 2.52. The first kappa shape index (κ1) is 16.3. The molecule has 0 aliphatic carbocycles. The second kappa shape index (κ2) is 6.76. The lowest BCUT2D eigenvalue weighted by Gasteiger charge is -2.32. The monoisotopic (exact) mass is 309 g/mol. The summed E-state index contributed by atoms with van der Waals surface area (Å²) >= 11 is 4.13. The van der Waals surface area contributed by atoms with Crippen LogP contribution in [0.5, 0.6) is 0 Å². The van der Waals surface area contributed by atoms with Gasteiger partial charge in [0.1, 0.15) is 0 Å². The zero-order chi connectivity index (χ0) is 14.8. The van der Waals surface area contributed by atoms with E-state index in [0.717, 1.165) is 6.42 Å². The van der Waals surface area contributed by atoms with Gasteiger partial charge in [0.15, 0.2) is 0 Å². The Morgan fingerprint density at radius 3 is 2.30 bits per heavy atom. The minimum Gasteiger partial charge on any atom is -0.326 e. The summed E-state index contributed by atoms with van der Waals surface area (Å²) in [4.78, 5) is 0. The molecular formula is C17H27NS2. The topological polar surface area (TPSA) is 26.0 Å². The molecule has 1 nitrogen and oxygen atoms in total. The van der Waals surface area contributed by atoms with Crippen LogP contribution in [0.1, 0.15) is 38.8 Å². The average Bonchev–Trinajstić information content (AvgIpc) is 2.38. The molecule has 2 rings (SSSR count). The van der Waals surface area contributed by atoms with Crippen molar-refractivity contribution in [2.75, 3.05) is 11.5 Å². The van der Waals surface area contributed by atoms with Crippen molar-refractivity contribution in [3.63, 3.8) is 0 Å². The van der Waals surface area contributed by atoms with E-state index in [2.05, 4.69) is 75.5 Å². The van der Waals surface area contributed by atoms with E-state index < -0.39 is 0 Å². The van der Waals surface area contributed by atoms with E-state index in [0.29, 0.717) is 10.5 Å². The van der Waals surface area contributed by atoms with Crippen LogP contribution in [0.25, 0.3) is 0 Å². The molecular weight excluding hydrogens is 282 g/mol. The lowest BCUT2D eigenvalue weighted by atomic mass is 9.86. The Morgan fingerprint density at radius 1 is 1.15 bits per heavy atom. The predicted octanol–water partition coefficient (Wildman–Crippen LogP) is 4.09. The molecule has 0 radical (unpaired) electrons. The number of thioether (sulfide) groups is 2. The number of benzene rings is 1. The zero-order valence-corrected chi connectivity index (χ0v) is 14.7. The predicted molar refractivity (Wildman–Crippen MR) is 95.0 cm³/mol. The maximum Gasteiger partial charge on any atom is 0.0318 e. The minimum absolute atomic E-state index is 0.227. The van der Waals surface area contributed by atoms with E-state index in [-0.39, 0.29) is 11.5 Å². The summed E-state index contributed by atoms with van der Waals surface area (Å²) in [5.41, 5.74) is 9.45. The second-order valence-electron chi connectivity index (χ2n) is 6.73. The molecule has 0 spiro atoms. The Kier molecular flexibility index (Phi) is 5.49. The highest BCUT2D eigenvalue weighted by Crippen LogP contribution is 2.33. The summed E-state index contributed by atoms with van der Waals surface area (Å²) in [6.07, 6.45) is 0.993. The zero-order valence-electron chi connectivity index (χ0n) is 13.1. The summed E-state index contributed by atoms with van der Waals surface area (Å²) in [6.45, 7) is 9.09. The maximum absolute atomic E-state index is 6.46. The van der Waals surface area contributed by atoms with Crippen molar-refractivity contribution in [2.24, 2.45) is 5.73 Å². The molecule has 1 fully saturated rings. The van der Waals surface area contributed by atoms with Crippen molar-refractivity contribution in [1.29, 1.82) is 0 Å². The van der Waals surface area contributed by atoms with Crippen LogP contribution in [-0.4, -0.2) is 28.0 Å². The molecule has 20 heavy (non-hydrogen) atoms. The average molecular weight is 310 g/mol. The quantitative estimate of drug-likeness (QED) is 0.910. The Balaban J connectivity index is 1.99. The van der Waals surface area contributed by atoms with Crippen LogP contribution in [0.15, 0.2) is 24.3 Å². The lowest BCUT2D eigenvalue weighted by Crippen LogP contribution is -2.42. The first-order valence-corrected chi connectivity index (χ1v) is 9.56.